The average molecular weight is 261 g/mol. The van der Waals surface area contributed by atoms with E-state index in [2.05, 4.69) is 0 Å². The van der Waals surface area contributed by atoms with Gasteiger partial charge in [0.15, 0.2) is 5.78 Å². The molecule has 0 saturated carbocycles. The van der Waals surface area contributed by atoms with Gasteiger partial charge in [0, 0.05) is 5.56 Å². The van der Waals surface area contributed by atoms with Gasteiger partial charge in [-0.1, -0.05) is 23.2 Å². The fraction of sp³-hybridized carbons (Fsp3) is 0.364. The number of benzene rings is 1. The van der Waals surface area contributed by atoms with Crippen molar-refractivity contribution < 1.29 is 14.6 Å². The van der Waals surface area contributed by atoms with Crippen LogP contribution in [0.5, 0.6) is 0 Å². The third-order valence-electron chi connectivity index (χ3n) is 2.72. The van der Waals surface area contributed by atoms with E-state index >= 15 is 0 Å². The molecule has 1 aromatic rings. The molecule has 5 heteroatoms. The standard InChI is InChI=1S/C11H10Cl2O3/c12-8-2-1-7(3-9(8)13)10(15)11(4-14)5-16-6-11/h1-3,14H,4-6H2. The zero-order valence-corrected chi connectivity index (χ0v) is 9.88. The van der Waals surface area contributed by atoms with Crippen LogP contribution < -0.4 is 0 Å². The molecule has 1 aromatic carbocycles. The van der Waals surface area contributed by atoms with E-state index in [-0.39, 0.29) is 25.6 Å². The van der Waals surface area contributed by atoms with Crippen LogP contribution >= 0.6 is 23.2 Å². The summed E-state index contributed by atoms with van der Waals surface area (Å²) in [5.41, 5.74) is -0.344. The smallest absolute Gasteiger partial charge is 0.176 e. The van der Waals surface area contributed by atoms with Gasteiger partial charge in [0.25, 0.3) is 0 Å². The summed E-state index contributed by atoms with van der Waals surface area (Å²) in [5.74, 6) is -0.153. The lowest BCUT2D eigenvalue weighted by Crippen LogP contribution is -2.51. The monoisotopic (exact) mass is 260 g/mol. The molecule has 0 atom stereocenters. The zero-order valence-electron chi connectivity index (χ0n) is 8.37. The molecule has 0 amide bonds. The number of aliphatic hydroxyl groups excluding tert-OH is 1. The van der Waals surface area contributed by atoms with Gasteiger partial charge in [0.2, 0.25) is 0 Å². The molecular weight excluding hydrogens is 251 g/mol. The maximum absolute atomic E-state index is 12.1. The van der Waals surface area contributed by atoms with E-state index in [1.807, 2.05) is 0 Å². The third-order valence-corrected chi connectivity index (χ3v) is 3.46. The molecule has 16 heavy (non-hydrogen) atoms. The van der Waals surface area contributed by atoms with E-state index in [1.165, 1.54) is 6.07 Å². The van der Waals surface area contributed by atoms with Crippen molar-refractivity contribution in [3.63, 3.8) is 0 Å². The number of carbonyl (C=O) groups is 1. The van der Waals surface area contributed by atoms with E-state index in [0.717, 1.165) is 0 Å². The van der Waals surface area contributed by atoms with Crippen molar-refractivity contribution in [1.29, 1.82) is 0 Å². The van der Waals surface area contributed by atoms with Gasteiger partial charge in [-0.2, -0.15) is 0 Å². The zero-order chi connectivity index (χ0) is 11.8. The lowest BCUT2D eigenvalue weighted by molar-refractivity contribution is -0.109. The summed E-state index contributed by atoms with van der Waals surface area (Å²) in [5, 5.41) is 9.97. The van der Waals surface area contributed by atoms with Crippen molar-refractivity contribution in [2.24, 2.45) is 5.41 Å². The second kappa shape index (κ2) is 4.34. The Balaban J connectivity index is 2.30. The first kappa shape index (κ1) is 11.9. The summed E-state index contributed by atoms with van der Waals surface area (Å²) in [7, 11) is 0. The van der Waals surface area contributed by atoms with E-state index in [1.54, 1.807) is 12.1 Å². The molecule has 1 heterocycles. The molecule has 86 valence electrons. The highest BCUT2D eigenvalue weighted by Gasteiger charge is 2.45. The average Bonchev–Trinajstić information content (AvgIpc) is 2.21. The van der Waals surface area contributed by atoms with Gasteiger partial charge >= 0.3 is 0 Å². The fourth-order valence-electron chi connectivity index (χ4n) is 1.59. The minimum Gasteiger partial charge on any atom is -0.395 e. The van der Waals surface area contributed by atoms with Crippen molar-refractivity contribution in [2.45, 2.75) is 0 Å². The van der Waals surface area contributed by atoms with Gasteiger partial charge in [0.1, 0.15) is 5.41 Å². The van der Waals surface area contributed by atoms with E-state index < -0.39 is 5.41 Å². The van der Waals surface area contributed by atoms with E-state index in [4.69, 9.17) is 27.9 Å². The number of carbonyl (C=O) groups excluding carboxylic acids is 1. The highest BCUT2D eigenvalue weighted by atomic mass is 35.5. The lowest BCUT2D eigenvalue weighted by Gasteiger charge is -2.38. The highest BCUT2D eigenvalue weighted by Crippen LogP contribution is 2.33. The van der Waals surface area contributed by atoms with Gasteiger partial charge in [-0.25, -0.2) is 0 Å². The van der Waals surface area contributed by atoms with Crippen LogP contribution in [0.3, 0.4) is 0 Å². The second-order valence-electron chi connectivity index (χ2n) is 3.89. The van der Waals surface area contributed by atoms with Crippen LogP contribution in [0.1, 0.15) is 10.4 Å². The summed E-state index contributed by atoms with van der Waals surface area (Å²) < 4.78 is 4.99. The number of Topliss-reactive ketones (excluding diaryl/α,β-unsaturated/α-hetero) is 1. The number of aliphatic hydroxyl groups is 1. The quantitative estimate of drug-likeness (QED) is 0.848. The predicted molar refractivity (Wildman–Crippen MR) is 61.1 cm³/mol. The first-order chi connectivity index (χ1) is 7.59. The minimum absolute atomic E-state index is 0.153. The molecule has 1 aliphatic heterocycles. The SMILES string of the molecule is O=C(c1ccc(Cl)c(Cl)c1)C1(CO)COC1. The Bertz CT molecular complexity index is 422. The van der Waals surface area contributed by atoms with Crippen molar-refractivity contribution in [1.82, 2.24) is 0 Å². The number of halogens is 2. The molecule has 1 aliphatic rings. The van der Waals surface area contributed by atoms with Crippen molar-refractivity contribution in [2.75, 3.05) is 19.8 Å². The Hall–Kier alpha value is -0.610. The van der Waals surface area contributed by atoms with Gasteiger partial charge in [-0.15, -0.1) is 0 Å². The molecule has 2 rings (SSSR count). The summed E-state index contributed by atoms with van der Waals surface area (Å²) in [6.07, 6.45) is 0. The van der Waals surface area contributed by atoms with Gasteiger partial charge < -0.3 is 9.84 Å². The van der Waals surface area contributed by atoms with Crippen LogP contribution in [-0.2, 0) is 4.74 Å². The Morgan fingerprint density at radius 3 is 2.50 bits per heavy atom. The summed E-state index contributed by atoms with van der Waals surface area (Å²) in [6, 6.07) is 4.69. The first-order valence-corrected chi connectivity index (χ1v) is 5.53. The topological polar surface area (TPSA) is 46.5 Å². The Morgan fingerprint density at radius 2 is 2.06 bits per heavy atom. The predicted octanol–water partition coefficient (Wildman–Crippen LogP) is 2.19. The number of hydrogen-bond donors (Lipinski definition) is 1. The number of ether oxygens (including phenoxy) is 1. The van der Waals surface area contributed by atoms with Gasteiger partial charge in [-0.05, 0) is 18.2 Å². The van der Waals surface area contributed by atoms with Crippen LogP contribution in [0, 0.1) is 5.41 Å². The summed E-state index contributed by atoms with van der Waals surface area (Å²) in [4.78, 5) is 12.1. The lowest BCUT2D eigenvalue weighted by atomic mass is 9.79. The molecular formula is C11H10Cl2O3. The number of hydrogen-bond acceptors (Lipinski definition) is 3. The van der Waals surface area contributed by atoms with Crippen LogP contribution in [0.4, 0.5) is 0 Å². The molecule has 0 aromatic heterocycles. The molecule has 0 spiro atoms. The van der Waals surface area contributed by atoms with Crippen LogP contribution in [0.2, 0.25) is 10.0 Å². The van der Waals surface area contributed by atoms with Crippen LogP contribution in [0.25, 0.3) is 0 Å². The van der Waals surface area contributed by atoms with Crippen molar-refractivity contribution in [3.05, 3.63) is 33.8 Å². The molecule has 1 fully saturated rings. The molecule has 0 radical (unpaired) electrons. The van der Waals surface area contributed by atoms with Crippen molar-refractivity contribution in [3.8, 4) is 0 Å². The fourth-order valence-corrected chi connectivity index (χ4v) is 1.88. The van der Waals surface area contributed by atoms with E-state index in [0.29, 0.717) is 15.6 Å². The minimum atomic E-state index is -0.794. The molecule has 0 unspecified atom stereocenters. The molecule has 1 N–H and O–H groups in total. The van der Waals surface area contributed by atoms with Crippen LogP contribution in [0.15, 0.2) is 18.2 Å². The number of ketones is 1. The maximum atomic E-state index is 12.1. The largest absolute Gasteiger partial charge is 0.395 e. The first-order valence-electron chi connectivity index (χ1n) is 4.77. The Kier molecular flexibility index (Phi) is 3.22. The third kappa shape index (κ3) is 1.84. The highest BCUT2D eigenvalue weighted by molar-refractivity contribution is 6.42. The van der Waals surface area contributed by atoms with Gasteiger partial charge in [-0.3, -0.25) is 4.79 Å². The molecule has 3 nitrogen and oxygen atoms in total. The second-order valence-corrected chi connectivity index (χ2v) is 4.70. The van der Waals surface area contributed by atoms with E-state index in [9.17, 15) is 9.90 Å². The Morgan fingerprint density at radius 1 is 1.38 bits per heavy atom. The maximum Gasteiger partial charge on any atom is 0.176 e. The summed E-state index contributed by atoms with van der Waals surface area (Å²) in [6.45, 7) is 0.289. The Labute approximate surface area is 103 Å². The summed E-state index contributed by atoms with van der Waals surface area (Å²) >= 11 is 11.6. The number of rotatable bonds is 3. The normalized spacial score (nSPS) is 17.9. The molecule has 0 aliphatic carbocycles. The molecule has 1 saturated heterocycles. The van der Waals surface area contributed by atoms with Crippen LogP contribution in [-0.4, -0.2) is 30.7 Å². The van der Waals surface area contributed by atoms with Gasteiger partial charge in [0.05, 0.1) is 29.9 Å². The molecule has 0 bridgehead atoms. The van der Waals surface area contributed by atoms with Crippen molar-refractivity contribution >= 4 is 29.0 Å².